The standard InChI is InChI=1S/C22H16BrNO3/c1-22(2)6-5-14-18(27-22)10-17(25)19-20(14)24-16-9-11-3-4-13(23)7-12(11)8-15(16)21(19)26/h3-10,25H,1-2H3,(H,24,26). The van der Waals surface area contributed by atoms with Gasteiger partial charge in [0.1, 0.15) is 17.1 Å². The predicted octanol–water partition coefficient (Wildman–Crippen LogP) is 5.49. The van der Waals surface area contributed by atoms with E-state index in [9.17, 15) is 9.90 Å². The van der Waals surface area contributed by atoms with E-state index < -0.39 is 5.60 Å². The van der Waals surface area contributed by atoms with Gasteiger partial charge in [0.25, 0.3) is 0 Å². The second-order valence-corrected chi connectivity index (χ2v) is 8.36. The number of halogens is 1. The zero-order valence-corrected chi connectivity index (χ0v) is 16.3. The van der Waals surface area contributed by atoms with Gasteiger partial charge in [-0.2, -0.15) is 0 Å². The first kappa shape index (κ1) is 16.4. The Balaban J connectivity index is 1.93. The maximum absolute atomic E-state index is 13.2. The third-order valence-electron chi connectivity index (χ3n) is 5.00. The molecule has 0 saturated carbocycles. The summed E-state index contributed by atoms with van der Waals surface area (Å²) in [6, 6.07) is 11.3. The van der Waals surface area contributed by atoms with Gasteiger partial charge in [0.05, 0.1) is 16.4 Å². The summed E-state index contributed by atoms with van der Waals surface area (Å²) >= 11 is 3.47. The van der Waals surface area contributed by atoms with Crippen LogP contribution in [0.4, 0.5) is 0 Å². The van der Waals surface area contributed by atoms with Gasteiger partial charge in [0, 0.05) is 21.5 Å². The Kier molecular flexibility index (Phi) is 3.25. The molecule has 0 unspecified atom stereocenters. The van der Waals surface area contributed by atoms with E-state index in [4.69, 9.17) is 4.74 Å². The van der Waals surface area contributed by atoms with Crippen molar-refractivity contribution in [3.05, 3.63) is 62.7 Å². The highest BCUT2D eigenvalue weighted by atomic mass is 79.9. The van der Waals surface area contributed by atoms with E-state index in [1.807, 2.05) is 56.3 Å². The van der Waals surface area contributed by atoms with Crippen LogP contribution in [0.5, 0.6) is 11.5 Å². The van der Waals surface area contributed by atoms with Crippen LogP contribution in [0.1, 0.15) is 19.4 Å². The summed E-state index contributed by atoms with van der Waals surface area (Å²) in [7, 11) is 0. The molecule has 4 aromatic rings. The molecule has 1 aromatic heterocycles. The number of rotatable bonds is 0. The number of pyridine rings is 1. The first-order valence-electron chi connectivity index (χ1n) is 8.66. The molecule has 0 radical (unpaired) electrons. The highest BCUT2D eigenvalue weighted by Gasteiger charge is 2.25. The number of fused-ring (bicyclic) bond motifs is 5. The van der Waals surface area contributed by atoms with Crippen LogP contribution in [0.2, 0.25) is 0 Å². The number of hydrogen-bond acceptors (Lipinski definition) is 3. The molecule has 27 heavy (non-hydrogen) atoms. The molecule has 1 aliphatic rings. The van der Waals surface area contributed by atoms with E-state index in [2.05, 4.69) is 20.9 Å². The minimum Gasteiger partial charge on any atom is -0.507 e. The van der Waals surface area contributed by atoms with Crippen LogP contribution in [0.25, 0.3) is 38.7 Å². The molecule has 3 aromatic carbocycles. The molecule has 5 rings (SSSR count). The van der Waals surface area contributed by atoms with Gasteiger partial charge in [0.2, 0.25) is 5.43 Å². The molecular weight excluding hydrogens is 406 g/mol. The minimum absolute atomic E-state index is 0.0765. The molecule has 2 N–H and O–H groups in total. The molecule has 5 heteroatoms. The Labute approximate surface area is 163 Å². The van der Waals surface area contributed by atoms with E-state index in [0.717, 1.165) is 26.3 Å². The van der Waals surface area contributed by atoms with Crippen LogP contribution in [0, 0.1) is 0 Å². The molecule has 0 spiro atoms. The lowest BCUT2D eigenvalue weighted by molar-refractivity contribution is 0.159. The highest BCUT2D eigenvalue weighted by Crippen LogP contribution is 2.39. The van der Waals surface area contributed by atoms with Crippen molar-refractivity contribution in [2.45, 2.75) is 19.4 Å². The fourth-order valence-corrected chi connectivity index (χ4v) is 4.08. The number of aromatic amines is 1. The Bertz CT molecular complexity index is 1370. The Morgan fingerprint density at radius 2 is 1.93 bits per heavy atom. The zero-order chi connectivity index (χ0) is 18.9. The average molecular weight is 422 g/mol. The Morgan fingerprint density at radius 1 is 1.11 bits per heavy atom. The Hall–Kier alpha value is -2.79. The van der Waals surface area contributed by atoms with Gasteiger partial charge in [-0.1, -0.05) is 22.0 Å². The number of hydrogen-bond donors (Lipinski definition) is 2. The van der Waals surface area contributed by atoms with Gasteiger partial charge >= 0.3 is 0 Å². The molecule has 0 fully saturated rings. The average Bonchev–Trinajstić information content (AvgIpc) is 2.59. The summed E-state index contributed by atoms with van der Waals surface area (Å²) in [4.78, 5) is 16.5. The molecule has 1 aliphatic heterocycles. The van der Waals surface area contributed by atoms with Crippen molar-refractivity contribution in [3.63, 3.8) is 0 Å². The largest absolute Gasteiger partial charge is 0.507 e. The zero-order valence-electron chi connectivity index (χ0n) is 14.8. The lowest BCUT2D eigenvalue weighted by Crippen LogP contribution is -2.27. The van der Waals surface area contributed by atoms with Crippen LogP contribution in [0.3, 0.4) is 0 Å². The lowest BCUT2D eigenvalue weighted by atomic mass is 9.98. The van der Waals surface area contributed by atoms with Gasteiger partial charge in [-0.05, 0) is 61.0 Å². The molecular formula is C22H16BrNO3. The van der Waals surface area contributed by atoms with Crippen molar-refractivity contribution in [3.8, 4) is 11.5 Å². The van der Waals surface area contributed by atoms with Gasteiger partial charge < -0.3 is 14.8 Å². The van der Waals surface area contributed by atoms with Crippen LogP contribution >= 0.6 is 15.9 Å². The minimum atomic E-state index is -0.464. The smallest absolute Gasteiger partial charge is 0.200 e. The van der Waals surface area contributed by atoms with Gasteiger partial charge in [-0.25, -0.2) is 0 Å². The summed E-state index contributed by atoms with van der Waals surface area (Å²) in [5, 5.41) is 13.4. The number of ether oxygens (including phenoxy) is 1. The van der Waals surface area contributed by atoms with Crippen molar-refractivity contribution in [1.82, 2.24) is 4.98 Å². The number of benzene rings is 3. The lowest BCUT2D eigenvalue weighted by Gasteiger charge is -2.28. The summed E-state index contributed by atoms with van der Waals surface area (Å²) in [6.45, 7) is 3.89. The van der Waals surface area contributed by atoms with Gasteiger partial charge in [-0.15, -0.1) is 0 Å². The van der Waals surface area contributed by atoms with Crippen LogP contribution < -0.4 is 10.2 Å². The van der Waals surface area contributed by atoms with Crippen molar-refractivity contribution < 1.29 is 9.84 Å². The molecule has 0 aliphatic carbocycles. The summed E-state index contributed by atoms with van der Waals surface area (Å²) in [6.07, 6.45) is 3.90. The van der Waals surface area contributed by atoms with E-state index in [0.29, 0.717) is 16.7 Å². The third kappa shape index (κ3) is 2.46. The third-order valence-corrected chi connectivity index (χ3v) is 5.50. The SMILES string of the molecule is CC1(C)C=Cc2c(cc(O)c3c(=O)c4cc5cc(Br)ccc5cc4[nH]c23)O1. The van der Waals surface area contributed by atoms with Crippen LogP contribution in [-0.4, -0.2) is 15.7 Å². The second-order valence-electron chi connectivity index (χ2n) is 7.44. The molecule has 0 saturated heterocycles. The molecule has 4 nitrogen and oxygen atoms in total. The molecule has 2 heterocycles. The number of nitrogens with one attached hydrogen (secondary N) is 1. The molecule has 0 atom stereocenters. The fourth-order valence-electron chi connectivity index (χ4n) is 3.70. The quantitative estimate of drug-likeness (QED) is 0.369. The van der Waals surface area contributed by atoms with Gasteiger partial charge in [-0.3, -0.25) is 4.79 Å². The van der Waals surface area contributed by atoms with Crippen molar-refractivity contribution >= 4 is 54.6 Å². The van der Waals surface area contributed by atoms with E-state index >= 15 is 0 Å². The van der Waals surface area contributed by atoms with E-state index in [-0.39, 0.29) is 16.6 Å². The monoisotopic (exact) mass is 421 g/mol. The van der Waals surface area contributed by atoms with E-state index in [1.165, 1.54) is 6.07 Å². The number of aromatic nitrogens is 1. The Morgan fingerprint density at radius 3 is 2.74 bits per heavy atom. The summed E-state index contributed by atoms with van der Waals surface area (Å²) in [5.74, 6) is 0.486. The summed E-state index contributed by atoms with van der Waals surface area (Å²) < 4.78 is 6.92. The summed E-state index contributed by atoms with van der Waals surface area (Å²) in [5.41, 5.74) is 1.43. The first-order valence-corrected chi connectivity index (χ1v) is 9.45. The van der Waals surface area contributed by atoms with Crippen molar-refractivity contribution in [1.29, 1.82) is 0 Å². The topological polar surface area (TPSA) is 62.3 Å². The van der Waals surface area contributed by atoms with E-state index in [1.54, 1.807) is 0 Å². The first-order chi connectivity index (χ1) is 12.8. The fraction of sp³-hybridized carbons (Fsp3) is 0.136. The normalized spacial score (nSPS) is 15.2. The highest BCUT2D eigenvalue weighted by molar-refractivity contribution is 9.10. The van der Waals surface area contributed by atoms with Gasteiger partial charge in [0.15, 0.2) is 0 Å². The number of phenols is 1. The second kappa shape index (κ2) is 5.36. The van der Waals surface area contributed by atoms with Crippen molar-refractivity contribution in [2.75, 3.05) is 0 Å². The molecule has 0 amide bonds. The van der Waals surface area contributed by atoms with Crippen LogP contribution in [0.15, 0.2) is 51.7 Å². The van der Waals surface area contributed by atoms with Crippen LogP contribution in [-0.2, 0) is 0 Å². The number of aromatic hydroxyl groups is 1. The maximum Gasteiger partial charge on any atom is 0.200 e. The maximum atomic E-state index is 13.2. The predicted molar refractivity (Wildman–Crippen MR) is 113 cm³/mol. The molecule has 0 bridgehead atoms. The molecule has 134 valence electrons. The number of H-pyrrole nitrogens is 1. The number of phenolic OH excluding ortho intramolecular Hbond substituents is 1. The van der Waals surface area contributed by atoms with Crippen molar-refractivity contribution in [2.24, 2.45) is 0 Å².